The van der Waals surface area contributed by atoms with Crippen molar-refractivity contribution in [2.45, 2.75) is 12.3 Å². The molecule has 1 aromatic heterocycles. The predicted molar refractivity (Wildman–Crippen MR) is 77.8 cm³/mol. The number of hydrogen-bond acceptors (Lipinski definition) is 2. The van der Waals surface area contributed by atoms with Crippen LogP contribution in [0.1, 0.15) is 17.9 Å². The van der Waals surface area contributed by atoms with Crippen LogP contribution in [0, 0.1) is 11.7 Å². The lowest BCUT2D eigenvalue weighted by Crippen LogP contribution is -2.15. The van der Waals surface area contributed by atoms with Crippen molar-refractivity contribution in [3.8, 4) is 0 Å². The average molecular weight is 335 g/mol. The number of aromatic nitrogens is 1. The van der Waals surface area contributed by atoms with Crippen LogP contribution in [0.3, 0.4) is 0 Å². The number of nitrogens with zero attached hydrogens (tertiary/aromatic N) is 1. The van der Waals surface area contributed by atoms with Crippen LogP contribution < -0.4 is 5.32 Å². The molecule has 0 bridgehead atoms. The van der Waals surface area contributed by atoms with Gasteiger partial charge in [0.25, 0.3) is 0 Å². The molecule has 2 atom stereocenters. The van der Waals surface area contributed by atoms with Gasteiger partial charge in [-0.3, -0.25) is 4.79 Å². The monoisotopic (exact) mass is 334 g/mol. The Hall–Kier alpha value is -1.75. The topological polar surface area (TPSA) is 42.0 Å². The van der Waals surface area contributed by atoms with Crippen molar-refractivity contribution in [3.05, 3.63) is 58.4 Å². The van der Waals surface area contributed by atoms with Gasteiger partial charge in [0.15, 0.2) is 0 Å². The largest absolute Gasteiger partial charge is 0.310 e. The van der Waals surface area contributed by atoms with Crippen molar-refractivity contribution in [1.29, 1.82) is 0 Å². The minimum atomic E-state index is -0.262. The van der Waals surface area contributed by atoms with Crippen LogP contribution in [0.15, 0.2) is 47.1 Å². The molecule has 1 aliphatic carbocycles. The smallest absolute Gasteiger partial charge is 0.229 e. The molecule has 3 rings (SSSR count). The number of pyridine rings is 1. The minimum absolute atomic E-state index is 0.0649. The fraction of sp³-hybridized carbons (Fsp3) is 0.200. The van der Waals surface area contributed by atoms with Crippen molar-refractivity contribution in [3.63, 3.8) is 0 Å². The SMILES string of the molecule is O=C(Nc1cccc(Br)n1)[C@@H]1C[C@H]1c1cccc(F)c1. The molecule has 0 spiro atoms. The summed E-state index contributed by atoms with van der Waals surface area (Å²) in [6.07, 6.45) is 0.753. The van der Waals surface area contributed by atoms with Crippen molar-refractivity contribution in [1.82, 2.24) is 4.98 Å². The first-order chi connectivity index (χ1) is 9.63. The maximum Gasteiger partial charge on any atom is 0.229 e. The number of nitrogens with one attached hydrogen (secondary N) is 1. The van der Waals surface area contributed by atoms with E-state index < -0.39 is 0 Å². The van der Waals surface area contributed by atoms with Gasteiger partial charge in [-0.1, -0.05) is 18.2 Å². The number of carbonyl (C=O) groups is 1. The van der Waals surface area contributed by atoms with Gasteiger partial charge in [0, 0.05) is 5.92 Å². The van der Waals surface area contributed by atoms with E-state index in [9.17, 15) is 9.18 Å². The van der Waals surface area contributed by atoms with Crippen molar-refractivity contribution in [2.75, 3.05) is 5.32 Å². The zero-order valence-electron chi connectivity index (χ0n) is 10.5. The number of anilines is 1. The fourth-order valence-corrected chi connectivity index (χ4v) is 2.63. The van der Waals surface area contributed by atoms with E-state index in [0.717, 1.165) is 12.0 Å². The molecule has 0 unspecified atom stereocenters. The van der Waals surface area contributed by atoms with Gasteiger partial charge >= 0.3 is 0 Å². The summed E-state index contributed by atoms with van der Waals surface area (Å²) in [7, 11) is 0. The first-order valence-corrected chi connectivity index (χ1v) is 7.11. The minimum Gasteiger partial charge on any atom is -0.310 e. The molecule has 102 valence electrons. The highest BCUT2D eigenvalue weighted by molar-refractivity contribution is 9.10. The zero-order valence-corrected chi connectivity index (χ0v) is 12.1. The number of hydrogen-bond donors (Lipinski definition) is 1. The lowest BCUT2D eigenvalue weighted by atomic mass is 10.1. The average Bonchev–Trinajstić information content (AvgIpc) is 3.19. The maximum absolute atomic E-state index is 13.2. The molecule has 1 heterocycles. The predicted octanol–water partition coefficient (Wildman–Crippen LogP) is 3.73. The molecule has 3 nitrogen and oxygen atoms in total. The number of halogens is 2. The van der Waals surface area contributed by atoms with Crippen LogP contribution in [0.25, 0.3) is 0 Å². The Morgan fingerprint density at radius 2 is 2.10 bits per heavy atom. The zero-order chi connectivity index (χ0) is 14.1. The number of amides is 1. The van der Waals surface area contributed by atoms with E-state index in [1.807, 2.05) is 12.1 Å². The Bertz CT molecular complexity index is 662. The van der Waals surface area contributed by atoms with Gasteiger partial charge in [-0.25, -0.2) is 9.37 Å². The number of carbonyl (C=O) groups excluding carboxylic acids is 1. The van der Waals surface area contributed by atoms with Crippen molar-refractivity contribution in [2.24, 2.45) is 5.92 Å². The van der Waals surface area contributed by atoms with Crippen LogP contribution in [0.5, 0.6) is 0 Å². The molecule has 1 N–H and O–H groups in total. The molecule has 1 amide bonds. The van der Waals surface area contributed by atoms with Crippen molar-refractivity contribution >= 4 is 27.7 Å². The summed E-state index contributed by atoms with van der Waals surface area (Å²) in [5.74, 6) is 0.205. The van der Waals surface area contributed by atoms with E-state index in [4.69, 9.17) is 0 Å². The summed E-state index contributed by atoms with van der Waals surface area (Å²) < 4.78 is 13.8. The Kier molecular flexibility index (Phi) is 3.53. The van der Waals surface area contributed by atoms with E-state index in [2.05, 4.69) is 26.2 Å². The second kappa shape index (κ2) is 5.32. The molecule has 5 heteroatoms. The quantitative estimate of drug-likeness (QED) is 0.869. The summed E-state index contributed by atoms with van der Waals surface area (Å²) in [4.78, 5) is 16.3. The van der Waals surface area contributed by atoms with Gasteiger partial charge in [0.2, 0.25) is 5.91 Å². The van der Waals surface area contributed by atoms with Gasteiger partial charge < -0.3 is 5.32 Å². The molecule has 1 aliphatic rings. The van der Waals surface area contributed by atoms with E-state index in [-0.39, 0.29) is 23.6 Å². The highest BCUT2D eigenvalue weighted by Crippen LogP contribution is 2.48. The Labute approximate surface area is 124 Å². The highest BCUT2D eigenvalue weighted by atomic mass is 79.9. The summed E-state index contributed by atoms with van der Waals surface area (Å²) in [6, 6.07) is 11.8. The van der Waals surface area contributed by atoms with E-state index in [1.165, 1.54) is 12.1 Å². The van der Waals surface area contributed by atoms with Gasteiger partial charge in [-0.2, -0.15) is 0 Å². The molecule has 2 aromatic rings. The number of benzene rings is 1. The van der Waals surface area contributed by atoms with Crippen LogP contribution >= 0.6 is 15.9 Å². The Balaban J connectivity index is 1.66. The molecule has 1 fully saturated rings. The van der Waals surface area contributed by atoms with Crippen LogP contribution in [-0.4, -0.2) is 10.9 Å². The van der Waals surface area contributed by atoms with E-state index >= 15 is 0 Å². The summed E-state index contributed by atoms with van der Waals surface area (Å²) in [5.41, 5.74) is 0.882. The van der Waals surface area contributed by atoms with E-state index in [0.29, 0.717) is 10.4 Å². The molecule has 1 aromatic carbocycles. The third-order valence-electron chi connectivity index (χ3n) is 3.37. The van der Waals surface area contributed by atoms with Gasteiger partial charge in [0.1, 0.15) is 16.2 Å². The Morgan fingerprint density at radius 3 is 2.85 bits per heavy atom. The van der Waals surface area contributed by atoms with Crippen LogP contribution in [0.2, 0.25) is 0 Å². The second-order valence-electron chi connectivity index (χ2n) is 4.84. The van der Waals surface area contributed by atoms with Gasteiger partial charge in [-0.05, 0) is 58.1 Å². The van der Waals surface area contributed by atoms with Crippen LogP contribution in [-0.2, 0) is 4.79 Å². The summed E-state index contributed by atoms with van der Waals surface area (Å²) in [6.45, 7) is 0. The first kappa shape index (κ1) is 13.2. The molecule has 0 radical (unpaired) electrons. The van der Waals surface area contributed by atoms with Crippen LogP contribution in [0.4, 0.5) is 10.2 Å². The molecular weight excluding hydrogens is 323 g/mol. The molecule has 1 saturated carbocycles. The second-order valence-corrected chi connectivity index (χ2v) is 5.65. The standard InChI is InChI=1S/C15H12BrFN2O/c16-13-5-2-6-14(18-13)19-15(20)12-8-11(12)9-3-1-4-10(17)7-9/h1-7,11-12H,8H2,(H,18,19,20)/t11-,12+/m0/s1. The molecule has 0 saturated heterocycles. The van der Waals surface area contributed by atoms with E-state index in [1.54, 1.807) is 18.2 Å². The third kappa shape index (κ3) is 2.88. The first-order valence-electron chi connectivity index (χ1n) is 6.32. The Morgan fingerprint density at radius 1 is 1.30 bits per heavy atom. The molecule has 0 aliphatic heterocycles. The van der Waals surface area contributed by atoms with Gasteiger partial charge in [-0.15, -0.1) is 0 Å². The lowest BCUT2D eigenvalue weighted by Gasteiger charge is -2.04. The van der Waals surface area contributed by atoms with Crippen molar-refractivity contribution < 1.29 is 9.18 Å². The lowest BCUT2D eigenvalue weighted by molar-refractivity contribution is -0.117. The maximum atomic E-state index is 13.2. The fourth-order valence-electron chi connectivity index (χ4n) is 2.29. The molecule has 20 heavy (non-hydrogen) atoms. The summed E-state index contributed by atoms with van der Waals surface area (Å²) >= 11 is 3.26. The number of rotatable bonds is 3. The molecular formula is C15H12BrFN2O. The van der Waals surface area contributed by atoms with Gasteiger partial charge in [0.05, 0.1) is 0 Å². The highest BCUT2D eigenvalue weighted by Gasteiger charge is 2.44. The normalized spacial score (nSPS) is 20.5. The summed E-state index contributed by atoms with van der Waals surface area (Å²) in [5, 5.41) is 2.79. The third-order valence-corrected chi connectivity index (χ3v) is 3.81.